The van der Waals surface area contributed by atoms with Crippen molar-refractivity contribution in [3.05, 3.63) is 60.2 Å². The number of rotatable bonds is 4. The Hall–Kier alpha value is -2.82. The summed E-state index contributed by atoms with van der Waals surface area (Å²) in [6.07, 6.45) is 0.870. The molecule has 0 unspecified atom stereocenters. The second kappa shape index (κ2) is 9.21. The van der Waals surface area contributed by atoms with E-state index in [2.05, 4.69) is 24.3 Å². The van der Waals surface area contributed by atoms with Gasteiger partial charge in [-0.3, -0.25) is 4.79 Å². The van der Waals surface area contributed by atoms with E-state index in [0.29, 0.717) is 39.2 Å². The van der Waals surface area contributed by atoms with Crippen molar-refractivity contribution in [3.8, 4) is 11.1 Å². The molecule has 0 radical (unpaired) electrons. The number of carbonyl (C=O) groups excluding carboxylic acids is 2. The topological polar surface area (TPSA) is 49.9 Å². The van der Waals surface area contributed by atoms with E-state index >= 15 is 0 Å². The molecule has 1 saturated heterocycles. The Morgan fingerprint density at radius 1 is 0.852 bits per heavy atom. The molecule has 1 aliphatic rings. The van der Waals surface area contributed by atoms with Gasteiger partial charge in [0.15, 0.2) is 0 Å². The minimum atomic E-state index is -0.289. The van der Waals surface area contributed by atoms with Crippen LogP contribution in [-0.2, 0) is 16.0 Å². The molecule has 0 spiro atoms. The SMILES string of the molecule is CCOC(=O)N1CCCN(C(=O)Cc2ccc(-c3ccccc3)cc2)CC1. The molecule has 0 N–H and O–H groups in total. The minimum Gasteiger partial charge on any atom is -0.450 e. The molecule has 0 aliphatic carbocycles. The zero-order valence-corrected chi connectivity index (χ0v) is 15.8. The van der Waals surface area contributed by atoms with Crippen LogP contribution < -0.4 is 0 Å². The van der Waals surface area contributed by atoms with Gasteiger partial charge in [0.25, 0.3) is 0 Å². The summed E-state index contributed by atoms with van der Waals surface area (Å²) in [4.78, 5) is 28.1. The van der Waals surface area contributed by atoms with E-state index in [9.17, 15) is 9.59 Å². The van der Waals surface area contributed by atoms with Crippen LogP contribution in [0.5, 0.6) is 0 Å². The highest BCUT2D eigenvalue weighted by molar-refractivity contribution is 5.79. The molecule has 142 valence electrons. The lowest BCUT2D eigenvalue weighted by molar-refractivity contribution is -0.130. The second-order valence-electron chi connectivity index (χ2n) is 6.66. The number of amides is 2. The van der Waals surface area contributed by atoms with Gasteiger partial charge in [-0.1, -0.05) is 54.6 Å². The normalized spacial score (nSPS) is 14.6. The van der Waals surface area contributed by atoms with Crippen LogP contribution in [-0.4, -0.2) is 54.6 Å². The fraction of sp³-hybridized carbons (Fsp3) is 0.364. The number of hydrogen-bond donors (Lipinski definition) is 0. The van der Waals surface area contributed by atoms with Crippen molar-refractivity contribution in [2.75, 3.05) is 32.8 Å². The lowest BCUT2D eigenvalue weighted by Gasteiger charge is -2.21. The molecule has 5 heteroatoms. The van der Waals surface area contributed by atoms with Gasteiger partial charge in [0.1, 0.15) is 0 Å². The molecule has 5 nitrogen and oxygen atoms in total. The van der Waals surface area contributed by atoms with E-state index in [-0.39, 0.29) is 12.0 Å². The van der Waals surface area contributed by atoms with Crippen LogP contribution in [0, 0.1) is 0 Å². The van der Waals surface area contributed by atoms with Crippen LogP contribution in [0.15, 0.2) is 54.6 Å². The first-order valence-corrected chi connectivity index (χ1v) is 9.51. The average Bonchev–Trinajstić information content (AvgIpc) is 2.96. The zero-order valence-electron chi connectivity index (χ0n) is 15.8. The first kappa shape index (κ1) is 19.0. The van der Waals surface area contributed by atoms with Gasteiger partial charge in [-0.2, -0.15) is 0 Å². The molecule has 2 aromatic rings. The fourth-order valence-electron chi connectivity index (χ4n) is 3.30. The number of ether oxygens (including phenoxy) is 1. The molecular formula is C22H26N2O3. The Morgan fingerprint density at radius 2 is 1.48 bits per heavy atom. The maximum absolute atomic E-state index is 12.7. The fourth-order valence-corrected chi connectivity index (χ4v) is 3.30. The summed E-state index contributed by atoms with van der Waals surface area (Å²) >= 11 is 0. The van der Waals surface area contributed by atoms with Crippen molar-refractivity contribution in [3.63, 3.8) is 0 Å². The lowest BCUT2D eigenvalue weighted by atomic mass is 10.0. The average molecular weight is 366 g/mol. The Balaban J connectivity index is 1.56. The van der Waals surface area contributed by atoms with E-state index in [1.807, 2.05) is 35.2 Å². The molecule has 27 heavy (non-hydrogen) atoms. The van der Waals surface area contributed by atoms with Crippen molar-refractivity contribution >= 4 is 12.0 Å². The Morgan fingerprint density at radius 3 is 2.19 bits per heavy atom. The molecule has 0 atom stereocenters. The third-order valence-corrected chi connectivity index (χ3v) is 4.79. The van der Waals surface area contributed by atoms with Gasteiger partial charge in [0, 0.05) is 26.2 Å². The van der Waals surface area contributed by atoms with Crippen LogP contribution >= 0.6 is 0 Å². The van der Waals surface area contributed by atoms with Gasteiger partial charge in [-0.05, 0) is 30.0 Å². The number of benzene rings is 2. The van der Waals surface area contributed by atoms with Gasteiger partial charge in [-0.15, -0.1) is 0 Å². The summed E-state index contributed by atoms with van der Waals surface area (Å²) < 4.78 is 5.06. The van der Waals surface area contributed by atoms with Crippen LogP contribution in [0.4, 0.5) is 4.79 Å². The lowest BCUT2D eigenvalue weighted by Crippen LogP contribution is -2.38. The van der Waals surface area contributed by atoms with Gasteiger partial charge in [-0.25, -0.2) is 4.79 Å². The summed E-state index contributed by atoms with van der Waals surface area (Å²) in [6.45, 7) is 4.56. The van der Waals surface area contributed by atoms with Crippen molar-refractivity contribution in [1.82, 2.24) is 9.80 Å². The van der Waals surface area contributed by atoms with E-state index in [1.165, 1.54) is 5.56 Å². The maximum Gasteiger partial charge on any atom is 0.409 e. The van der Waals surface area contributed by atoms with Crippen molar-refractivity contribution in [2.45, 2.75) is 19.8 Å². The Bertz CT molecular complexity index is 759. The third kappa shape index (κ3) is 5.09. The molecule has 1 fully saturated rings. The Kier molecular flexibility index (Phi) is 6.47. The van der Waals surface area contributed by atoms with Crippen molar-refractivity contribution < 1.29 is 14.3 Å². The van der Waals surface area contributed by atoms with E-state index < -0.39 is 0 Å². The van der Waals surface area contributed by atoms with Gasteiger partial charge in [0.2, 0.25) is 5.91 Å². The standard InChI is InChI=1S/C22H26N2O3/c1-2-27-22(26)24-14-6-13-23(15-16-24)21(25)17-18-9-11-20(12-10-18)19-7-4-3-5-8-19/h3-5,7-12H,2,6,13-17H2,1H3. The molecular weight excluding hydrogens is 340 g/mol. The second-order valence-corrected chi connectivity index (χ2v) is 6.66. The summed E-state index contributed by atoms with van der Waals surface area (Å²) in [7, 11) is 0. The van der Waals surface area contributed by atoms with E-state index in [0.717, 1.165) is 17.5 Å². The van der Waals surface area contributed by atoms with Crippen molar-refractivity contribution in [2.24, 2.45) is 0 Å². The first-order valence-electron chi connectivity index (χ1n) is 9.51. The Labute approximate surface area is 160 Å². The predicted octanol–water partition coefficient (Wildman–Crippen LogP) is 3.59. The quantitative estimate of drug-likeness (QED) is 0.831. The molecule has 2 aromatic carbocycles. The smallest absolute Gasteiger partial charge is 0.409 e. The molecule has 3 rings (SSSR count). The highest BCUT2D eigenvalue weighted by Gasteiger charge is 2.22. The van der Waals surface area contributed by atoms with Gasteiger partial charge in [0.05, 0.1) is 13.0 Å². The van der Waals surface area contributed by atoms with Crippen LogP contribution in [0.2, 0.25) is 0 Å². The molecule has 1 heterocycles. The highest BCUT2D eigenvalue weighted by Crippen LogP contribution is 2.19. The predicted molar refractivity (Wildman–Crippen MR) is 105 cm³/mol. The summed E-state index contributed by atoms with van der Waals surface area (Å²) in [5.74, 6) is 0.105. The largest absolute Gasteiger partial charge is 0.450 e. The third-order valence-electron chi connectivity index (χ3n) is 4.79. The highest BCUT2D eigenvalue weighted by atomic mass is 16.6. The van der Waals surface area contributed by atoms with E-state index in [1.54, 1.807) is 11.8 Å². The first-order chi connectivity index (χ1) is 13.2. The summed E-state index contributed by atoms with van der Waals surface area (Å²) in [6, 6.07) is 18.3. The maximum atomic E-state index is 12.7. The number of nitrogens with zero attached hydrogens (tertiary/aromatic N) is 2. The minimum absolute atomic E-state index is 0.105. The molecule has 1 aliphatic heterocycles. The van der Waals surface area contributed by atoms with Gasteiger partial charge >= 0.3 is 6.09 Å². The van der Waals surface area contributed by atoms with Crippen molar-refractivity contribution in [1.29, 1.82) is 0 Å². The van der Waals surface area contributed by atoms with Crippen LogP contribution in [0.25, 0.3) is 11.1 Å². The monoisotopic (exact) mass is 366 g/mol. The molecule has 0 aromatic heterocycles. The molecule has 0 bridgehead atoms. The van der Waals surface area contributed by atoms with E-state index in [4.69, 9.17) is 4.74 Å². The molecule has 0 saturated carbocycles. The summed E-state index contributed by atoms with van der Waals surface area (Å²) in [5, 5.41) is 0. The summed E-state index contributed by atoms with van der Waals surface area (Å²) in [5.41, 5.74) is 3.32. The zero-order chi connectivity index (χ0) is 19.1. The van der Waals surface area contributed by atoms with Crippen LogP contribution in [0.1, 0.15) is 18.9 Å². The van der Waals surface area contributed by atoms with Crippen LogP contribution in [0.3, 0.4) is 0 Å². The number of carbonyl (C=O) groups is 2. The molecule has 2 amide bonds. The number of hydrogen-bond acceptors (Lipinski definition) is 3. The van der Waals surface area contributed by atoms with Gasteiger partial charge < -0.3 is 14.5 Å².